The first-order valence-electron chi connectivity index (χ1n) is 11.8. The van der Waals surface area contributed by atoms with Gasteiger partial charge in [-0.3, -0.25) is 4.98 Å². The van der Waals surface area contributed by atoms with E-state index in [0.717, 1.165) is 60.2 Å². The van der Waals surface area contributed by atoms with Crippen LogP contribution in [0, 0.1) is 5.92 Å². The zero-order valence-corrected chi connectivity index (χ0v) is 18.4. The molecule has 1 aliphatic carbocycles. The van der Waals surface area contributed by atoms with Crippen LogP contribution in [-0.4, -0.2) is 42.3 Å². The minimum atomic E-state index is 0.498. The topological polar surface area (TPSA) is 50.3 Å². The van der Waals surface area contributed by atoms with E-state index in [1.54, 1.807) is 0 Å². The van der Waals surface area contributed by atoms with Crippen LogP contribution in [0.5, 0.6) is 0 Å². The molecule has 0 spiro atoms. The van der Waals surface area contributed by atoms with Crippen molar-refractivity contribution in [2.45, 2.75) is 45.1 Å². The Kier molecular flexibility index (Phi) is 6.03. The number of anilines is 2. The van der Waals surface area contributed by atoms with Gasteiger partial charge >= 0.3 is 0 Å². The Morgan fingerprint density at radius 2 is 1.81 bits per heavy atom. The molecule has 0 radical (unpaired) electrons. The van der Waals surface area contributed by atoms with E-state index in [4.69, 9.17) is 9.72 Å². The third-order valence-electron chi connectivity index (χ3n) is 6.90. The summed E-state index contributed by atoms with van der Waals surface area (Å²) in [6.45, 7) is 5.81. The van der Waals surface area contributed by atoms with Crippen molar-refractivity contribution < 1.29 is 4.74 Å². The van der Waals surface area contributed by atoms with Gasteiger partial charge in [-0.05, 0) is 61.9 Å². The van der Waals surface area contributed by atoms with Gasteiger partial charge in [0.25, 0.3) is 0 Å². The quantitative estimate of drug-likeness (QED) is 0.594. The highest BCUT2D eigenvalue weighted by Crippen LogP contribution is 2.32. The van der Waals surface area contributed by atoms with Gasteiger partial charge in [-0.1, -0.05) is 25.5 Å². The average Bonchev–Trinajstić information content (AvgIpc) is 2.85. The largest absolute Gasteiger partial charge is 0.378 e. The number of rotatable bonds is 5. The predicted molar refractivity (Wildman–Crippen MR) is 128 cm³/mol. The molecular formula is C26H32N4O. The van der Waals surface area contributed by atoms with Crippen LogP contribution in [0.25, 0.3) is 22.2 Å². The third-order valence-corrected chi connectivity index (χ3v) is 6.90. The maximum absolute atomic E-state index is 5.48. The van der Waals surface area contributed by atoms with Crippen LogP contribution in [0.3, 0.4) is 0 Å². The number of benzene rings is 1. The van der Waals surface area contributed by atoms with Gasteiger partial charge in [-0.2, -0.15) is 0 Å². The molecule has 3 heterocycles. The summed E-state index contributed by atoms with van der Waals surface area (Å²) >= 11 is 0. The second kappa shape index (κ2) is 9.23. The monoisotopic (exact) mass is 416 g/mol. The molecule has 5 rings (SSSR count). The summed E-state index contributed by atoms with van der Waals surface area (Å²) in [5, 5.41) is 4.87. The molecular weight excluding hydrogens is 384 g/mol. The van der Waals surface area contributed by atoms with Crippen LogP contribution in [-0.2, 0) is 4.74 Å². The van der Waals surface area contributed by atoms with Crippen LogP contribution in [0.15, 0.2) is 48.7 Å². The van der Waals surface area contributed by atoms with E-state index >= 15 is 0 Å². The normalized spacial score (nSPS) is 21.9. The molecule has 0 atom stereocenters. The minimum Gasteiger partial charge on any atom is -0.378 e. The lowest BCUT2D eigenvalue weighted by atomic mass is 9.84. The molecule has 1 aromatic carbocycles. The minimum absolute atomic E-state index is 0.498. The number of pyridine rings is 2. The highest BCUT2D eigenvalue weighted by molar-refractivity contribution is 5.92. The van der Waals surface area contributed by atoms with Crippen LogP contribution < -0.4 is 10.2 Å². The number of fused-ring (bicyclic) bond motifs is 1. The lowest BCUT2D eigenvalue weighted by molar-refractivity contribution is 0.122. The first-order valence-corrected chi connectivity index (χ1v) is 11.8. The zero-order valence-electron chi connectivity index (χ0n) is 18.4. The molecule has 2 fully saturated rings. The molecule has 1 saturated carbocycles. The fraction of sp³-hybridized carbons (Fsp3) is 0.462. The zero-order chi connectivity index (χ0) is 21.0. The van der Waals surface area contributed by atoms with Crippen molar-refractivity contribution in [1.82, 2.24) is 9.97 Å². The second-order valence-electron chi connectivity index (χ2n) is 8.84. The number of ether oxygens (including phenoxy) is 1. The SMILES string of the molecule is CCC1CCC(Nc2nc(-c3ccc(N4CCOCC4)cc3)cc3ncccc23)CC1. The molecule has 5 nitrogen and oxygen atoms in total. The molecule has 0 unspecified atom stereocenters. The van der Waals surface area contributed by atoms with Gasteiger partial charge < -0.3 is 15.0 Å². The first kappa shape index (κ1) is 20.3. The number of morpholine rings is 1. The Labute approximate surface area is 184 Å². The van der Waals surface area contributed by atoms with Gasteiger partial charge in [-0.25, -0.2) is 4.98 Å². The van der Waals surface area contributed by atoms with E-state index < -0.39 is 0 Å². The van der Waals surface area contributed by atoms with Crippen molar-refractivity contribution in [3.8, 4) is 11.3 Å². The van der Waals surface area contributed by atoms with Gasteiger partial charge in [0.2, 0.25) is 0 Å². The van der Waals surface area contributed by atoms with Crippen molar-refractivity contribution in [1.29, 1.82) is 0 Å². The molecule has 2 aliphatic rings. The maximum atomic E-state index is 5.48. The summed E-state index contributed by atoms with van der Waals surface area (Å²) in [5.74, 6) is 1.86. The van der Waals surface area contributed by atoms with E-state index in [1.165, 1.54) is 37.8 Å². The Balaban J connectivity index is 1.41. The summed E-state index contributed by atoms with van der Waals surface area (Å²) < 4.78 is 5.48. The predicted octanol–water partition coefficient (Wildman–Crippen LogP) is 5.51. The molecule has 1 saturated heterocycles. The van der Waals surface area contributed by atoms with Gasteiger partial charge in [-0.15, -0.1) is 0 Å². The lowest BCUT2D eigenvalue weighted by Gasteiger charge is -2.29. The molecule has 162 valence electrons. The number of hydrogen-bond donors (Lipinski definition) is 1. The van der Waals surface area contributed by atoms with Crippen LogP contribution in [0.2, 0.25) is 0 Å². The summed E-state index contributed by atoms with van der Waals surface area (Å²) in [4.78, 5) is 12.1. The van der Waals surface area contributed by atoms with Crippen molar-refractivity contribution in [2.24, 2.45) is 5.92 Å². The average molecular weight is 417 g/mol. The summed E-state index contributed by atoms with van der Waals surface area (Å²) in [6, 6.07) is 15.5. The molecule has 5 heteroatoms. The van der Waals surface area contributed by atoms with Crippen molar-refractivity contribution in [3.05, 3.63) is 48.7 Å². The maximum Gasteiger partial charge on any atom is 0.136 e. The van der Waals surface area contributed by atoms with E-state index in [9.17, 15) is 0 Å². The second-order valence-corrected chi connectivity index (χ2v) is 8.84. The van der Waals surface area contributed by atoms with Gasteiger partial charge in [0.1, 0.15) is 5.82 Å². The summed E-state index contributed by atoms with van der Waals surface area (Å²) in [7, 11) is 0. The number of nitrogens with zero attached hydrogens (tertiary/aromatic N) is 3. The van der Waals surface area contributed by atoms with Crippen molar-refractivity contribution in [2.75, 3.05) is 36.5 Å². The molecule has 1 aliphatic heterocycles. The standard InChI is InChI=1S/C26H32N4O/c1-2-19-5-9-21(10-6-19)28-26-23-4-3-13-27-25(23)18-24(29-26)20-7-11-22(12-8-20)30-14-16-31-17-15-30/h3-4,7-8,11-13,18-19,21H,2,5-6,9-10,14-17H2,1H3,(H,28,29). The third kappa shape index (κ3) is 4.52. The van der Waals surface area contributed by atoms with Crippen molar-refractivity contribution >= 4 is 22.4 Å². The van der Waals surface area contributed by atoms with Crippen LogP contribution >= 0.6 is 0 Å². The highest BCUT2D eigenvalue weighted by atomic mass is 16.5. The Morgan fingerprint density at radius 1 is 1.03 bits per heavy atom. The van der Waals surface area contributed by atoms with E-state index in [2.05, 4.69) is 58.5 Å². The van der Waals surface area contributed by atoms with Gasteiger partial charge in [0, 0.05) is 42.0 Å². The van der Waals surface area contributed by atoms with Crippen LogP contribution in [0.1, 0.15) is 39.0 Å². The number of nitrogens with one attached hydrogen (secondary N) is 1. The Morgan fingerprint density at radius 3 is 2.55 bits per heavy atom. The molecule has 31 heavy (non-hydrogen) atoms. The fourth-order valence-corrected chi connectivity index (χ4v) is 4.91. The van der Waals surface area contributed by atoms with Crippen LogP contribution in [0.4, 0.5) is 11.5 Å². The Hall–Kier alpha value is -2.66. The smallest absolute Gasteiger partial charge is 0.136 e. The molecule has 3 aromatic rings. The number of hydrogen-bond acceptors (Lipinski definition) is 5. The van der Waals surface area contributed by atoms with Crippen molar-refractivity contribution in [3.63, 3.8) is 0 Å². The van der Waals surface area contributed by atoms with Gasteiger partial charge in [0.05, 0.1) is 24.4 Å². The van der Waals surface area contributed by atoms with E-state index in [1.807, 2.05) is 12.3 Å². The fourth-order valence-electron chi connectivity index (χ4n) is 4.91. The first-order chi connectivity index (χ1) is 15.3. The molecule has 0 amide bonds. The summed E-state index contributed by atoms with van der Waals surface area (Å²) in [6.07, 6.45) is 8.23. The lowest BCUT2D eigenvalue weighted by Crippen LogP contribution is -2.36. The summed E-state index contributed by atoms with van der Waals surface area (Å²) in [5.41, 5.74) is 4.35. The molecule has 1 N–H and O–H groups in total. The highest BCUT2D eigenvalue weighted by Gasteiger charge is 2.21. The number of aromatic nitrogens is 2. The van der Waals surface area contributed by atoms with Gasteiger partial charge in [0.15, 0.2) is 0 Å². The van der Waals surface area contributed by atoms with E-state index in [-0.39, 0.29) is 0 Å². The Bertz CT molecular complexity index is 1010. The molecule has 0 bridgehead atoms. The molecule has 2 aromatic heterocycles. The van der Waals surface area contributed by atoms with E-state index in [0.29, 0.717) is 6.04 Å².